The summed E-state index contributed by atoms with van der Waals surface area (Å²) in [6.45, 7) is 5.50. The van der Waals surface area contributed by atoms with Crippen LogP contribution in [0.2, 0.25) is 0 Å². The third-order valence-corrected chi connectivity index (χ3v) is 5.20. The Kier molecular flexibility index (Phi) is 4.53. The number of rotatable bonds is 3. The van der Waals surface area contributed by atoms with Gasteiger partial charge in [0.05, 0.1) is 11.6 Å². The van der Waals surface area contributed by atoms with E-state index in [9.17, 15) is 18.4 Å². The number of anilines is 1. The number of fused-ring (bicyclic) bond motifs is 1. The van der Waals surface area contributed by atoms with Crippen molar-refractivity contribution in [2.45, 2.75) is 33.1 Å². The number of nitrogens with zero attached hydrogens (tertiary/aromatic N) is 2. The molecule has 7 heteroatoms. The first kappa shape index (κ1) is 19.0. The number of halogens is 2. The van der Waals surface area contributed by atoms with Crippen molar-refractivity contribution in [1.29, 1.82) is 0 Å². The Morgan fingerprint density at radius 2 is 1.90 bits per heavy atom. The van der Waals surface area contributed by atoms with Crippen LogP contribution in [0.15, 0.2) is 36.4 Å². The predicted molar refractivity (Wildman–Crippen MR) is 104 cm³/mol. The van der Waals surface area contributed by atoms with Gasteiger partial charge in [0.15, 0.2) is 11.6 Å². The van der Waals surface area contributed by atoms with Crippen LogP contribution in [0.5, 0.6) is 0 Å². The van der Waals surface area contributed by atoms with E-state index in [1.54, 1.807) is 13.0 Å². The summed E-state index contributed by atoms with van der Waals surface area (Å²) in [6, 6.07) is 8.65. The number of ketones is 1. The van der Waals surface area contributed by atoms with Crippen molar-refractivity contribution in [2.24, 2.45) is 0 Å². The molecule has 0 saturated carbocycles. The van der Waals surface area contributed by atoms with E-state index < -0.39 is 17.6 Å². The maximum Gasteiger partial charge on any atom is 0.226 e. The number of aromatic nitrogens is 2. The van der Waals surface area contributed by atoms with Crippen LogP contribution < -0.4 is 5.32 Å². The largest absolute Gasteiger partial charge is 0.310 e. The molecule has 0 radical (unpaired) electrons. The molecule has 29 heavy (non-hydrogen) atoms. The number of hydrogen-bond donors (Lipinski definition) is 1. The van der Waals surface area contributed by atoms with Gasteiger partial charge < -0.3 is 5.32 Å². The molecule has 0 aliphatic carbocycles. The number of carbonyl (C=O) groups is 2. The van der Waals surface area contributed by atoms with Crippen LogP contribution in [0.25, 0.3) is 5.69 Å². The lowest BCUT2D eigenvalue weighted by atomic mass is 9.84. The summed E-state index contributed by atoms with van der Waals surface area (Å²) in [5, 5.41) is 7.04. The smallest absolute Gasteiger partial charge is 0.226 e. The Morgan fingerprint density at radius 3 is 2.59 bits per heavy atom. The van der Waals surface area contributed by atoms with E-state index in [2.05, 4.69) is 10.4 Å². The van der Waals surface area contributed by atoms with E-state index in [-0.39, 0.29) is 29.6 Å². The minimum atomic E-state index is -0.813. The molecule has 0 bridgehead atoms. The Hall–Kier alpha value is -3.35. The molecular formula is C22H19F2N3O2. The summed E-state index contributed by atoms with van der Waals surface area (Å²) < 4.78 is 28.9. The first-order chi connectivity index (χ1) is 13.8. The lowest BCUT2D eigenvalue weighted by Gasteiger charge is -2.24. The summed E-state index contributed by atoms with van der Waals surface area (Å²) in [7, 11) is 0. The van der Waals surface area contributed by atoms with E-state index in [1.807, 2.05) is 26.0 Å². The lowest BCUT2D eigenvalue weighted by molar-refractivity contribution is -0.116. The number of carbonyl (C=O) groups excluding carboxylic acids is 2. The molecule has 2 aromatic carbocycles. The van der Waals surface area contributed by atoms with Crippen LogP contribution >= 0.6 is 0 Å². The third-order valence-electron chi connectivity index (χ3n) is 5.20. The van der Waals surface area contributed by atoms with Gasteiger partial charge in [0.25, 0.3) is 0 Å². The maximum atomic E-state index is 14.3. The Balaban J connectivity index is 1.85. The van der Waals surface area contributed by atoms with Crippen LogP contribution in [0, 0.1) is 32.4 Å². The van der Waals surface area contributed by atoms with E-state index in [4.69, 9.17) is 0 Å². The second-order valence-corrected chi connectivity index (χ2v) is 7.34. The summed E-state index contributed by atoms with van der Waals surface area (Å²) in [5.74, 6) is -2.54. The SMILES string of the molecule is Cc1ccc(C(=O)[C@H]2CC(=O)Nc3c2c(C)nn3-c2ccc(F)cc2F)c(C)c1. The molecule has 0 fully saturated rings. The van der Waals surface area contributed by atoms with E-state index in [0.717, 1.165) is 23.3 Å². The number of hydrogen-bond acceptors (Lipinski definition) is 3. The van der Waals surface area contributed by atoms with Crippen LogP contribution in [0.1, 0.15) is 45.1 Å². The van der Waals surface area contributed by atoms with Gasteiger partial charge in [-0.15, -0.1) is 0 Å². The monoisotopic (exact) mass is 395 g/mol. The zero-order valence-electron chi connectivity index (χ0n) is 16.2. The van der Waals surface area contributed by atoms with Gasteiger partial charge in [0.2, 0.25) is 5.91 Å². The second-order valence-electron chi connectivity index (χ2n) is 7.34. The summed E-state index contributed by atoms with van der Waals surface area (Å²) in [5.41, 5.74) is 3.47. The molecule has 0 spiro atoms. The van der Waals surface area contributed by atoms with Crippen LogP contribution in [0.3, 0.4) is 0 Å². The molecule has 4 rings (SSSR count). The van der Waals surface area contributed by atoms with Gasteiger partial charge >= 0.3 is 0 Å². The first-order valence-electron chi connectivity index (χ1n) is 9.22. The van der Waals surface area contributed by atoms with Gasteiger partial charge in [-0.2, -0.15) is 5.10 Å². The van der Waals surface area contributed by atoms with Crippen molar-refractivity contribution in [2.75, 3.05) is 5.32 Å². The fraction of sp³-hybridized carbons (Fsp3) is 0.227. The lowest BCUT2D eigenvalue weighted by Crippen LogP contribution is -2.29. The van der Waals surface area contributed by atoms with E-state index >= 15 is 0 Å². The molecule has 2 heterocycles. The Labute approximate surface area is 166 Å². The van der Waals surface area contributed by atoms with Crippen molar-refractivity contribution in [3.8, 4) is 5.69 Å². The van der Waals surface area contributed by atoms with Gasteiger partial charge in [0, 0.05) is 23.6 Å². The molecule has 1 N–H and O–H groups in total. The van der Waals surface area contributed by atoms with E-state index in [1.165, 1.54) is 10.7 Å². The molecule has 1 aliphatic rings. The number of Topliss-reactive ketones (excluding diaryl/α,β-unsaturated/α-hetero) is 1. The molecule has 1 aliphatic heterocycles. The van der Waals surface area contributed by atoms with Gasteiger partial charge in [-0.05, 0) is 38.5 Å². The minimum Gasteiger partial charge on any atom is -0.310 e. The van der Waals surface area contributed by atoms with Crippen molar-refractivity contribution < 1.29 is 18.4 Å². The molecule has 1 atom stereocenters. The van der Waals surface area contributed by atoms with Gasteiger partial charge in [-0.25, -0.2) is 13.5 Å². The summed E-state index contributed by atoms with van der Waals surface area (Å²) in [4.78, 5) is 25.7. The number of aryl methyl sites for hydroxylation is 3. The highest BCUT2D eigenvalue weighted by Gasteiger charge is 2.37. The number of nitrogens with one attached hydrogen (secondary N) is 1. The highest BCUT2D eigenvalue weighted by Crippen LogP contribution is 2.39. The molecule has 5 nitrogen and oxygen atoms in total. The topological polar surface area (TPSA) is 64.0 Å². The number of amides is 1. The Bertz CT molecular complexity index is 1170. The first-order valence-corrected chi connectivity index (χ1v) is 9.22. The summed E-state index contributed by atoms with van der Waals surface area (Å²) in [6.07, 6.45) is -0.0163. The van der Waals surface area contributed by atoms with Crippen molar-refractivity contribution in [3.63, 3.8) is 0 Å². The third kappa shape index (κ3) is 3.22. The zero-order chi connectivity index (χ0) is 20.9. The molecule has 148 valence electrons. The quantitative estimate of drug-likeness (QED) is 0.669. The molecule has 0 unspecified atom stereocenters. The fourth-order valence-corrected chi connectivity index (χ4v) is 3.88. The molecule has 0 saturated heterocycles. The van der Waals surface area contributed by atoms with Gasteiger partial charge in [0.1, 0.15) is 17.3 Å². The summed E-state index contributed by atoms with van der Waals surface area (Å²) >= 11 is 0. The molecular weight excluding hydrogens is 376 g/mol. The Morgan fingerprint density at radius 1 is 1.14 bits per heavy atom. The van der Waals surface area contributed by atoms with Gasteiger partial charge in [-0.3, -0.25) is 9.59 Å². The molecule has 3 aromatic rings. The zero-order valence-corrected chi connectivity index (χ0v) is 16.2. The van der Waals surface area contributed by atoms with E-state index in [0.29, 0.717) is 16.8 Å². The molecule has 1 amide bonds. The average Bonchev–Trinajstić information content (AvgIpc) is 2.97. The average molecular weight is 395 g/mol. The van der Waals surface area contributed by atoms with Crippen LogP contribution in [0.4, 0.5) is 14.6 Å². The fourth-order valence-electron chi connectivity index (χ4n) is 3.88. The van der Waals surface area contributed by atoms with Gasteiger partial charge in [-0.1, -0.05) is 23.8 Å². The highest BCUT2D eigenvalue weighted by atomic mass is 19.1. The molecule has 1 aromatic heterocycles. The maximum absolute atomic E-state index is 14.3. The van der Waals surface area contributed by atoms with Crippen molar-refractivity contribution in [1.82, 2.24) is 9.78 Å². The standard InChI is InChI=1S/C22H19F2N3O2/c1-11-4-6-15(12(2)8-11)21(29)16-10-19(28)25-22-20(16)13(3)26-27(22)18-7-5-14(23)9-17(18)24/h4-9,16H,10H2,1-3H3,(H,25,28)/t16-/m0/s1. The second kappa shape index (κ2) is 6.92. The van der Waals surface area contributed by atoms with Crippen molar-refractivity contribution in [3.05, 3.63) is 76.0 Å². The van der Waals surface area contributed by atoms with Crippen LogP contribution in [-0.4, -0.2) is 21.5 Å². The van der Waals surface area contributed by atoms with Crippen LogP contribution in [-0.2, 0) is 4.79 Å². The van der Waals surface area contributed by atoms with Crippen molar-refractivity contribution >= 4 is 17.5 Å². The minimum absolute atomic E-state index is 0.00401. The predicted octanol–water partition coefficient (Wildman–Crippen LogP) is 4.38. The normalized spacial score (nSPS) is 15.8. The number of benzene rings is 2. The highest BCUT2D eigenvalue weighted by molar-refractivity contribution is 6.08.